The monoisotopic (exact) mass is 532 g/mol. The Labute approximate surface area is 224 Å². The maximum absolute atomic E-state index is 12.8. The van der Waals surface area contributed by atoms with Crippen molar-refractivity contribution >= 4 is 51.9 Å². The minimum Gasteiger partial charge on any atom is -0.481 e. The average Bonchev–Trinajstić information content (AvgIpc) is 3.61. The van der Waals surface area contributed by atoms with Gasteiger partial charge in [-0.2, -0.15) is 0 Å². The number of hydrogen-bond acceptors (Lipinski definition) is 9. The predicted molar refractivity (Wildman–Crippen MR) is 145 cm³/mol. The van der Waals surface area contributed by atoms with E-state index in [1.807, 2.05) is 36.5 Å². The van der Waals surface area contributed by atoms with Gasteiger partial charge in [0.15, 0.2) is 0 Å². The third kappa shape index (κ3) is 4.10. The molecule has 1 N–H and O–H groups in total. The first kappa shape index (κ1) is 23.5. The molecule has 3 saturated heterocycles. The molecule has 3 aromatic rings. The number of amides is 2. The maximum atomic E-state index is 12.8. The number of benzene rings is 1. The highest BCUT2D eigenvalue weighted by Crippen LogP contribution is 2.39. The molecule has 1 aromatic carbocycles. The number of pyridine rings is 2. The Bertz CT molecular complexity index is 1440. The molecule has 3 fully saturated rings. The van der Waals surface area contributed by atoms with Crippen LogP contribution < -0.4 is 19.9 Å². The average molecular weight is 533 g/mol. The Kier molecular flexibility index (Phi) is 5.77. The standard InChI is InChI=1S/C27H28N6O4S/c1-36-25-5-3-19-26(30-25)21(6-8-28-19)32-9-7-16-11-31(14-22(16)32)12-18-13-33(27(35)37-18)17-2-4-23-20(10-17)29-24(34)15-38-23/h2-6,8,10,16,18,22H,7,9,11-15H2,1H3,(H,29,34)/t16-,18+,22+/m0/s1. The number of hydrogen-bond donors (Lipinski definition) is 1. The summed E-state index contributed by atoms with van der Waals surface area (Å²) in [5.74, 6) is 1.53. The van der Waals surface area contributed by atoms with Crippen LogP contribution in [0.15, 0.2) is 47.5 Å². The zero-order chi connectivity index (χ0) is 25.8. The van der Waals surface area contributed by atoms with Crippen molar-refractivity contribution < 1.29 is 19.1 Å². The Morgan fingerprint density at radius 2 is 2.08 bits per heavy atom. The molecule has 3 atom stereocenters. The van der Waals surface area contributed by atoms with Gasteiger partial charge in [-0.3, -0.25) is 19.6 Å². The molecule has 196 valence electrons. The van der Waals surface area contributed by atoms with Gasteiger partial charge in [-0.15, -0.1) is 11.8 Å². The molecule has 0 radical (unpaired) electrons. The number of rotatable bonds is 5. The highest BCUT2D eigenvalue weighted by atomic mass is 32.2. The SMILES string of the molecule is COc1ccc2nccc(N3CC[C@H]4CN(C[C@@H]5CN(c6ccc7c(c6)NC(=O)CS7)C(=O)O5)C[C@H]43)c2n1. The molecule has 2 aromatic heterocycles. The number of thioether (sulfide) groups is 1. The highest BCUT2D eigenvalue weighted by Gasteiger charge is 2.44. The second kappa shape index (κ2) is 9.32. The van der Waals surface area contributed by atoms with Crippen molar-refractivity contribution in [1.82, 2.24) is 14.9 Å². The summed E-state index contributed by atoms with van der Waals surface area (Å²) in [7, 11) is 1.63. The molecule has 7 rings (SSSR count). The molecule has 0 saturated carbocycles. The quantitative estimate of drug-likeness (QED) is 0.531. The van der Waals surface area contributed by atoms with Crippen molar-refractivity contribution in [1.29, 1.82) is 0 Å². The summed E-state index contributed by atoms with van der Waals surface area (Å²) in [6.45, 7) is 4.07. The Morgan fingerprint density at radius 3 is 2.97 bits per heavy atom. The van der Waals surface area contributed by atoms with Crippen LogP contribution in [0.3, 0.4) is 0 Å². The van der Waals surface area contributed by atoms with Crippen LogP contribution in [0.2, 0.25) is 0 Å². The van der Waals surface area contributed by atoms with Crippen LogP contribution in [-0.4, -0.2) is 84.6 Å². The van der Waals surface area contributed by atoms with E-state index in [9.17, 15) is 9.59 Å². The molecule has 4 aliphatic heterocycles. The summed E-state index contributed by atoms with van der Waals surface area (Å²) in [6.07, 6.45) is 2.42. The van der Waals surface area contributed by atoms with Gasteiger partial charge in [0.25, 0.3) is 0 Å². The van der Waals surface area contributed by atoms with Crippen LogP contribution in [0.4, 0.5) is 21.9 Å². The lowest BCUT2D eigenvalue weighted by Crippen LogP contribution is -2.38. The minimum atomic E-state index is -0.339. The van der Waals surface area contributed by atoms with Crippen LogP contribution in [0.5, 0.6) is 5.88 Å². The van der Waals surface area contributed by atoms with Gasteiger partial charge < -0.3 is 19.7 Å². The van der Waals surface area contributed by atoms with E-state index >= 15 is 0 Å². The summed E-state index contributed by atoms with van der Waals surface area (Å²) in [5.41, 5.74) is 4.32. The number of likely N-dealkylation sites (tertiary alicyclic amines) is 1. The number of carbonyl (C=O) groups excluding carboxylic acids is 2. The van der Waals surface area contributed by atoms with Gasteiger partial charge in [0, 0.05) is 55.1 Å². The first-order valence-corrected chi connectivity index (χ1v) is 13.9. The van der Waals surface area contributed by atoms with Gasteiger partial charge in [0.2, 0.25) is 11.8 Å². The van der Waals surface area contributed by atoms with Gasteiger partial charge in [-0.1, -0.05) is 0 Å². The molecule has 0 bridgehead atoms. The molecular weight excluding hydrogens is 504 g/mol. The predicted octanol–water partition coefficient (Wildman–Crippen LogP) is 3.22. The normalized spacial score (nSPS) is 24.9. The zero-order valence-electron chi connectivity index (χ0n) is 21.0. The lowest BCUT2D eigenvalue weighted by molar-refractivity contribution is -0.113. The molecule has 0 aliphatic carbocycles. The van der Waals surface area contributed by atoms with Crippen LogP contribution in [0.1, 0.15) is 6.42 Å². The second-order valence-corrected chi connectivity index (χ2v) is 11.2. The molecule has 11 heteroatoms. The third-order valence-electron chi connectivity index (χ3n) is 7.92. The second-order valence-electron chi connectivity index (χ2n) is 10.2. The number of fused-ring (bicyclic) bond motifs is 3. The summed E-state index contributed by atoms with van der Waals surface area (Å²) < 4.78 is 11.1. The number of nitrogens with zero attached hydrogens (tertiary/aromatic N) is 5. The lowest BCUT2D eigenvalue weighted by Gasteiger charge is -2.28. The molecule has 10 nitrogen and oxygen atoms in total. The number of aromatic nitrogens is 2. The van der Waals surface area contributed by atoms with E-state index in [-0.39, 0.29) is 18.1 Å². The van der Waals surface area contributed by atoms with E-state index in [0.717, 1.165) is 59.0 Å². The largest absolute Gasteiger partial charge is 0.481 e. The molecule has 0 spiro atoms. The maximum Gasteiger partial charge on any atom is 0.414 e. The number of methoxy groups -OCH3 is 1. The summed E-state index contributed by atoms with van der Waals surface area (Å²) in [6, 6.07) is 12.0. The van der Waals surface area contributed by atoms with Gasteiger partial charge in [-0.05, 0) is 42.7 Å². The lowest BCUT2D eigenvalue weighted by atomic mass is 10.0. The van der Waals surface area contributed by atoms with Gasteiger partial charge >= 0.3 is 6.09 Å². The van der Waals surface area contributed by atoms with Crippen molar-refractivity contribution in [3.8, 4) is 5.88 Å². The zero-order valence-corrected chi connectivity index (χ0v) is 21.8. The van der Waals surface area contributed by atoms with Gasteiger partial charge in [0.05, 0.1) is 36.3 Å². The molecule has 6 heterocycles. The molecule has 38 heavy (non-hydrogen) atoms. The van der Waals surface area contributed by atoms with Crippen molar-refractivity contribution in [2.45, 2.75) is 23.5 Å². The Morgan fingerprint density at radius 1 is 1.16 bits per heavy atom. The number of nitrogens with one attached hydrogen (secondary N) is 1. The number of carbonyl (C=O) groups is 2. The minimum absolute atomic E-state index is 0.0233. The van der Waals surface area contributed by atoms with Gasteiger partial charge in [-0.25, -0.2) is 9.78 Å². The Hall–Kier alpha value is -3.57. The molecule has 4 aliphatic rings. The van der Waals surface area contributed by atoms with Crippen LogP contribution in [0.25, 0.3) is 11.0 Å². The van der Waals surface area contributed by atoms with Crippen LogP contribution >= 0.6 is 11.8 Å². The van der Waals surface area contributed by atoms with E-state index < -0.39 is 0 Å². The molecular formula is C27H28N6O4S. The Balaban J connectivity index is 1.04. The first-order valence-electron chi connectivity index (χ1n) is 12.9. The fraction of sp³-hybridized carbons (Fsp3) is 0.407. The van der Waals surface area contributed by atoms with E-state index in [2.05, 4.69) is 26.2 Å². The molecule has 2 amide bonds. The van der Waals surface area contributed by atoms with Crippen molar-refractivity contribution in [3.63, 3.8) is 0 Å². The number of cyclic esters (lactones) is 1. The fourth-order valence-corrected chi connectivity index (χ4v) is 6.98. The summed E-state index contributed by atoms with van der Waals surface area (Å²) in [4.78, 5) is 41.3. The number of ether oxygens (including phenoxy) is 2. The van der Waals surface area contributed by atoms with Crippen LogP contribution in [0, 0.1) is 5.92 Å². The van der Waals surface area contributed by atoms with E-state index in [0.29, 0.717) is 36.7 Å². The topological polar surface area (TPSA) is 100 Å². The highest BCUT2D eigenvalue weighted by molar-refractivity contribution is 8.00. The van der Waals surface area contributed by atoms with E-state index in [1.54, 1.807) is 12.0 Å². The summed E-state index contributed by atoms with van der Waals surface area (Å²) >= 11 is 1.51. The van der Waals surface area contributed by atoms with Crippen molar-refractivity contribution in [3.05, 3.63) is 42.6 Å². The smallest absolute Gasteiger partial charge is 0.414 e. The molecule has 0 unspecified atom stereocenters. The van der Waals surface area contributed by atoms with E-state index in [1.165, 1.54) is 11.8 Å². The van der Waals surface area contributed by atoms with Crippen molar-refractivity contribution in [2.24, 2.45) is 5.92 Å². The van der Waals surface area contributed by atoms with Crippen molar-refractivity contribution in [2.75, 3.05) is 60.7 Å². The van der Waals surface area contributed by atoms with E-state index in [4.69, 9.17) is 14.5 Å². The fourth-order valence-electron chi connectivity index (χ4n) is 6.19. The number of anilines is 3. The van der Waals surface area contributed by atoms with Crippen LogP contribution in [-0.2, 0) is 9.53 Å². The summed E-state index contributed by atoms with van der Waals surface area (Å²) in [5, 5.41) is 2.90. The third-order valence-corrected chi connectivity index (χ3v) is 9.00. The van der Waals surface area contributed by atoms with Gasteiger partial charge in [0.1, 0.15) is 11.6 Å². The first-order chi connectivity index (χ1) is 18.6.